The number of hydrogen-bond donors (Lipinski definition) is 0. The molecule has 1 unspecified atom stereocenters. The quantitative estimate of drug-likeness (QED) is 0.590. The molecule has 0 heterocycles. The molecule has 0 amide bonds. The molecule has 1 rings (SSSR count). The molecule has 1 aromatic carbocycles. The van der Waals surface area contributed by atoms with Gasteiger partial charge in [-0.2, -0.15) is 0 Å². The molecule has 1 atom stereocenters. The molecule has 23 heavy (non-hydrogen) atoms. The highest BCUT2D eigenvalue weighted by Gasteiger charge is 2.14. The van der Waals surface area contributed by atoms with E-state index < -0.39 is 5.97 Å². The van der Waals surface area contributed by atoms with Crippen molar-refractivity contribution in [2.45, 2.75) is 52.9 Å². The lowest BCUT2D eigenvalue weighted by Gasteiger charge is -2.14. The summed E-state index contributed by atoms with van der Waals surface area (Å²) in [5, 5.41) is 0. The Kier molecular flexibility index (Phi) is 9.03. The van der Waals surface area contributed by atoms with Crippen LogP contribution in [0.4, 0.5) is 0 Å². The van der Waals surface area contributed by atoms with Crippen LogP contribution in [0.25, 0.3) is 0 Å². The highest BCUT2D eigenvalue weighted by molar-refractivity contribution is 5.95. The lowest BCUT2D eigenvalue weighted by Crippen LogP contribution is -2.15. The van der Waals surface area contributed by atoms with Gasteiger partial charge in [0.05, 0.1) is 24.3 Å². The largest absolute Gasteiger partial charge is 0.462 e. The summed E-state index contributed by atoms with van der Waals surface area (Å²) in [4.78, 5) is 24.0. The minimum Gasteiger partial charge on any atom is -0.462 e. The van der Waals surface area contributed by atoms with Gasteiger partial charge < -0.3 is 9.47 Å². The van der Waals surface area contributed by atoms with Crippen molar-refractivity contribution in [2.24, 2.45) is 5.92 Å². The fourth-order valence-electron chi connectivity index (χ4n) is 2.23. The van der Waals surface area contributed by atoms with E-state index in [1.54, 1.807) is 18.2 Å². The highest BCUT2D eigenvalue weighted by atomic mass is 16.5. The normalized spacial score (nSPS) is 11.8. The number of carbonyl (C=O) groups excluding carboxylic acids is 2. The van der Waals surface area contributed by atoms with Crippen molar-refractivity contribution in [2.75, 3.05) is 13.2 Å². The molecule has 128 valence electrons. The van der Waals surface area contributed by atoms with E-state index in [-0.39, 0.29) is 5.97 Å². The van der Waals surface area contributed by atoms with Crippen molar-refractivity contribution in [1.29, 1.82) is 0 Å². The summed E-state index contributed by atoms with van der Waals surface area (Å²) >= 11 is 0. The third kappa shape index (κ3) is 6.85. The smallest absolute Gasteiger partial charge is 0.338 e. The summed E-state index contributed by atoms with van der Waals surface area (Å²) in [5.74, 6) is -0.391. The molecular weight excluding hydrogens is 292 g/mol. The predicted octanol–water partition coefficient (Wildman–Crippen LogP) is 4.63. The van der Waals surface area contributed by atoms with E-state index in [1.807, 2.05) is 6.92 Å². The van der Waals surface area contributed by atoms with Crippen LogP contribution >= 0.6 is 0 Å². The SMILES string of the molecule is CCCCC(CC)COC(=O)c1cccc(C(=O)OCCC)c1. The van der Waals surface area contributed by atoms with Crippen molar-refractivity contribution in [1.82, 2.24) is 0 Å². The summed E-state index contributed by atoms with van der Waals surface area (Å²) in [6, 6.07) is 6.51. The van der Waals surface area contributed by atoms with E-state index in [9.17, 15) is 9.59 Å². The Morgan fingerprint density at radius 3 is 2.22 bits per heavy atom. The first-order valence-electron chi connectivity index (χ1n) is 8.56. The zero-order chi connectivity index (χ0) is 17.1. The van der Waals surface area contributed by atoms with Gasteiger partial charge in [-0.25, -0.2) is 9.59 Å². The Bertz CT molecular complexity index is 496. The topological polar surface area (TPSA) is 52.6 Å². The first kappa shape index (κ1) is 19.2. The Balaban J connectivity index is 2.60. The molecular formula is C19H28O4. The van der Waals surface area contributed by atoms with Gasteiger partial charge in [-0.05, 0) is 37.0 Å². The van der Waals surface area contributed by atoms with Crippen LogP contribution in [0.1, 0.15) is 73.6 Å². The fraction of sp³-hybridized carbons (Fsp3) is 0.579. The van der Waals surface area contributed by atoms with Crippen LogP contribution in [0.5, 0.6) is 0 Å². The maximum absolute atomic E-state index is 12.2. The first-order valence-corrected chi connectivity index (χ1v) is 8.56. The molecule has 0 aliphatic heterocycles. The molecule has 0 spiro atoms. The first-order chi connectivity index (χ1) is 11.1. The summed E-state index contributed by atoms with van der Waals surface area (Å²) in [6.45, 7) is 7.01. The molecule has 0 fully saturated rings. The molecule has 0 aliphatic carbocycles. The molecule has 0 radical (unpaired) electrons. The lowest BCUT2D eigenvalue weighted by atomic mass is 10.0. The Morgan fingerprint density at radius 1 is 1.00 bits per heavy atom. The minimum absolute atomic E-state index is 0.378. The van der Waals surface area contributed by atoms with E-state index in [4.69, 9.17) is 9.47 Å². The van der Waals surface area contributed by atoms with E-state index >= 15 is 0 Å². The van der Waals surface area contributed by atoms with Crippen LogP contribution in [0.3, 0.4) is 0 Å². The average molecular weight is 320 g/mol. The fourth-order valence-corrected chi connectivity index (χ4v) is 2.23. The van der Waals surface area contributed by atoms with Crippen LogP contribution in [0.2, 0.25) is 0 Å². The van der Waals surface area contributed by atoms with Gasteiger partial charge in [0.2, 0.25) is 0 Å². The van der Waals surface area contributed by atoms with E-state index in [2.05, 4.69) is 13.8 Å². The molecule has 0 saturated heterocycles. The highest BCUT2D eigenvalue weighted by Crippen LogP contribution is 2.15. The van der Waals surface area contributed by atoms with Crippen molar-refractivity contribution in [3.63, 3.8) is 0 Å². The molecule has 0 N–H and O–H groups in total. The number of carbonyl (C=O) groups is 2. The summed E-state index contributed by atoms with van der Waals surface area (Å²) in [5.41, 5.74) is 0.771. The average Bonchev–Trinajstić information content (AvgIpc) is 2.59. The number of rotatable bonds is 10. The molecule has 0 saturated carbocycles. The second-order valence-corrected chi connectivity index (χ2v) is 5.73. The summed E-state index contributed by atoms with van der Waals surface area (Å²) < 4.78 is 10.5. The van der Waals surface area contributed by atoms with E-state index in [0.717, 1.165) is 32.1 Å². The Morgan fingerprint density at radius 2 is 1.65 bits per heavy atom. The van der Waals surface area contributed by atoms with Gasteiger partial charge in [-0.3, -0.25) is 0 Å². The van der Waals surface area contributed by atoms with Crippen LogP contribution in [0, 0.1) is 5.92 Å². The number of ether oxygens (including phenoxy) is 2. The molecule has 0 aromatic heterocycles. The van der Waals surface area contributed by atoms with Crippen molar-refractivity contribution in [3.05, 3.63) is 35.4 Å². The van der Waals surface area contributed by atoms with Gasteiger partial charge in [0, 0.05) is 0 Å². The predicted molar refractivity (Wildman–Crippen MR) is 90.6 cm³/mol. The van der Waals surface area contributed by atoms with E-state index in [1.165, 1.54) is 6.07 Å². The maximum atomic E-state index is 12.2. The third-order valence-electron chi connectivity index (χ3n) is 3.76. The van der Waals surface area contributed by atoms with Gasteiger partial charge in [-0.1, -0.05) is 46.1 Å². The number of esters is 2. The zero-order valence-corrected chi connectivity index (χ0v) is 14.5. The standard InChI is InChI=1S/C19H28O4/c1-4-7-9-15(6-3)14-23-19(21)17-11-8-10-16(13-17)18(20)22-12-5-2/h8,10-11,13,15H,4-7,9,12,14H2,1-3H3. The molecule has 4 heteroatoms. The van der Waals surface area contributed by atoms with Gasteiger partial charge in [0.15, 0.2) is 0 Å². The molecule has 0 aliphatic rings. The van der Waals surface area contributed by atoms with Crippen molar-refractivity contribution >= 4 is 11.9 Å². The number of benzene rings is 1. The summed E-state index contributed by atoms with van der Waals surface area (Å²) in [6.07, 6.45) is 5.13. The van der Waals surface area contributed by atoms with Gasteiger partial charge in [-0.15, -0.1) is 0 Å². The third-order valence-corrected chi connectivity index (χ3v) is 3.76. The molecule has 4 nitrogen and oxygen atoms in total. The number of unbranched alkanes of at least 4 members (excludes halogenated alkanes) is 1. The van der Waals surface area contributed by atoms with E-state index in [0.29, 0.717) is 30.3 Å². The minimum atomic E-state index is -0.407. The van der Waals surface area contributed by atoms with Gasteiger partial charge >= 0.3 is 11.9 Å². The van der Waals surface area contributed by atoms with Crippen LogP contribution in [-0.4, -0.2) is 25.2 Å². The van der Waals surface area contributed by atoms with Gasteiger partial charge in [0.1, 0.15) is 0 Å². The van der Waals surface area contributed by atoms with Gasteiger partial charge in [0.25, 0.3) is 0 Å². The van der Waals surface area contributed by atoms with Crippen LogP contribution in [0.15, 0.2) is 24.3 Å². The van der Waals surface area contributed by atoms with Crippen molar-refractivity contribution in [3.8, 4) is 0 Å². The number of hydrogen-bond acceptors (Lipinski definition) is 4. The van der Waals surface area contributed by atoms with Crippen LogP contribution in [-0.2, 0) is 9.47 Å². The molecule has 1 aromatic rings. The molecule has 0 bridgehead atoms. The zero-order valence-electron chi connectivity index (χ0n) is 14.5. The maximum Gasteiger partial charge on any atom is 0.338 e. The van der Waals surface area contributed by atoms with Crippen LogP contribution < -0.4 is 0 Å². The second kappa shape index (κ2) is 10.8. The Labute approximate surface area is 139 Å². The van der Waals surface area contributed by atoms with Crippen molar-refractivity contribution < 1.29 is 19.1 Å². The monoisotopic (exact) mass is 320 g/mol. The summed E-state index contributed by atoms with van der Waals surface area (Å²) in [7, 11) is 0. The Hall–Kier alpha value is -1.84. The lowest BCUT2D eigenvalue weighted by molar-refractivity contribution is 0.0428. The second-order valence-electron chi connectivity index (χ2n) is 5.73.